The molecule has 0 atom stereocenters. The third-order valence-electron chi connectivity index (χ3n) is 2.53. The van der Waals surface area contributed by atoms with Gasteiger partial charge in [0.15, 0.2) is 0 Å². The molecule has 94 valence electrons. The number of hydrogen-bond acceptors (Lipinski definition) is 4. The van der Waals surface area contributed by atoms with E-state index in [1.807, 2.05) is 38.1 Å². The van der Waals surface area contributed by atoms with Crippen LogP contribution in [0.15, 0.2) is 30.3 Å². The smallest absolute Gasteiger partial charge is 0.222 e. The average Bonchev–Trinajstić information content (AvgIpc) is 2.38. The van der Waals surface area contributed by atoms with Gasteiger partial charge in [-0.05, 0) is 31.0 Å². The van der Waals surface area contributed by atoms with Crippen molar-refractivity contribution in [3.05, 3.63) is 47.4 Å². The Labute approximate surface area is 106 Å². The van der Waals surface area contributed by atoms with E-state index in [1.165, 1.54) is 0 Å². The summed E-state index contributed by atoms with van der Waals surface area (Å²) in [5, 5.41) is 9.07. The van der Waals surface area contributed by atoms with Crippen molar-refractivity contribution in [3.8, 4) is 11.6 Å². The molecule has 1 heterocycles. The summed E-state index contributed by atoms with van der Waals surface area (Å²) in [5.41, 5.74) is 1.77. The van der Waals surface area contributed by atoms with Crippen LogP contribution in [0.2, 0.25) is 0 Å². The molecule has 2 aromatic rings. The van der Waals surface area contributed by atoms with Crippen molar-refractivity contribution < 1.29 is 9.84 Å². The molecule has 1 N–H and O–H groups in total. The minimum Gasteiger partial charge on any atom is -0.439 e. The van der Waals surface area contributed by atoms with Gasteiger partial charge in [0.05, 0.1) is 6.61 Å². The molecule has 0 saturated carbocycles. The Morgan fingerprint density at radius 2 is 2.06 bits per heavy atom. The predicted molar refractivity (Wildman–Crippen MR) is 68.6 cm³/mol. The van der Waals surface area contributed by atoms with Crippen LogP contribution in [0, 0.1) is 6.92 Å². The fraction of sp³-hybridized carbons (Fsp3) is 0.286. The molecular formula is C14H16N2O2. The van der Waals surface area contributed by atoms with E-state index >= 15 is 0 Å². The molecule has 0 fully saturated rings. The summed E-state index contributed by atoms with van der Waals surface area (Å²) in [6.07, 6.45) is 0.844. The highest BCUT2D eigenvalue weighted by Crippen LogP contribution is 2.21. The summed E-state index contributed by atoms with van der Waals surface area (Å²) < 4.78 is 5.68. The Kier molecular flexibility index (Phi) is 3.89. The lowest BCUT2D eigenvalue weighted by Crippen LogP contribution is -1.97. The molecule has 0 bridgehead atoms. The van der Waals surface area contributed by atoms with Crippen LogP contribution in [0.3, 0.4) is 0 Å². The molecule has 0 spiro atoms. The zero-order chi connectivity index (χ0) is 13.0. The van der Waals surface area contributed by atoms with E-state index in [2.05, 4.69) is 9.97 Å². The lowest BCUT2D eigenvalue weighted by molar-refractivity contribution is 0.281. The van der Waals surface area contributed by atoms with Gasteiger partial charge in [-0.25, -0.2) is 4.98 Å². The maximum Gasteiger partial charge on any atom is 0.222 e. The summed E-state index contributed by atoms with van der Waals surface area (Å²) in [6, 6.07) is 9.15. The Hall–Kier alpha value is -1.94. The molecule has 1 aromatic carbocycles. The van der Waals surface area contributed by atoms with Crippen molar-refractivity contribution in [2.24, 2.45) is 0 Å². The molecule has 0 aliphatic carbocycles. The van der Waals surface area contributed by atoms with E-state index in [-0.39, 0.29) is 6.61 Å². The van der Waals surface area contributed by atoms with Crippen molar-refractivity contribution in [2.75, 3.05) is 0 Å². The normalized spacial score (nSPS) is 10.4. The topological polar surface area (TPSA) is 55.2 Å². The number of ether oxygens (including phenoxy) is 1. The fourth-order valence-corrected chi connectivity index (χ4v) is 1.66. The summed E-state index contributed by atoms with van der Waals surface area (Å²) in [5.74, 6) is 1.90. The highest BCUT2D eigenvalue weighted by molar-refractivity contribution is 5.31. The Morgan fingerprint density at radius 3 is 2.78 bits per heavy atom. The van der Waals surface area contributed by atoms with Crippen LogP contribution in [0.4, 0.5) is 0 Å². The largest absolute Gasteiger partial charge is 0.439 e. The van der Waals surface area contributed by atoms with Crippen molar-refractivity contribution in [2.45, 2.75) is 26.9 Å². The first-order valence-corrected chi connectivity index (χ1v) is 5.93. The van der Waals surface area contributed by atoms with Gasteiger partial charge >= 0.3 is 0 Å². The first kappa shape index (κ1) is 12.5. The van der Waals surface area contributed by atoms with Gasteiger partial charge in [0.25, 0.3) is 0 Å². The van der Waals surface area contributed by atoms with E-state index in [1.54, 1.807) is 6.07 Å². The zero-order valence-corrected chi connectivity index (χ0v) is 10.6. The number of nitrogens with zero attached hydrogens (tertiary/aromatic N) is 2. The van der Waals surface area contributed by atoms with Crippen LogP contribution in [-0.4, -0.2) is 15.1 Å². The minimum atomic E-state index is 0.000210. The summed E-state index contributed by atoms with van der Waals surface area (Å²) in [7, 11) is 0. The van der Waals surface area contributed by atoms with E-state index in [9.17, 15) is 0 Å². The number of hydrogen-bond donors (Lipinski definition) is 1. The SMILES string of the molecule is CCc1cc(Oc2cccc(CO)c2)nc(C)n1. The molecule has 0 radical (unpaired) electrons. The second-order valence-electron chi connectivity index (χ2n) is 4.01. The molecule has 1 aromatic heterocycles. The molecule has 4 nitrogen and oxygen atoms in total. The summed E-state index contributed by atoms with van der Waals surface area (Å²) >= 11 is 0. The average molecular weight is 244 g/mol. The van der Waals surface area contributed by atoms with Gasteiger partial charge < -0.3 is 9.84 Å². The van der Waals surface area contributed by atoms with Crippen molar-refractivity contribution in [1.29, 1.82) is 0 Å². The van der Waals surface area contributed by atoms with Crippen LogP contribution < -0.4 is 4.74 Å². The highest BCUT2D eigenvalue weighted by Gasteiger charge is 2.03. The van der Waals surface area contributed by atoms with Gasteiger partial charge in [-0.3, -0.25) is 0 Å². The lowest BCUT2D eigenvalue weighted by atomic mass is 10.2. The maximum absolute atomic E-state index is 9.07. The van der Waals surface area contributed by atoms with E-state index in [4.69, 9.17) is 9.84 Å². The Bertz CT molecular complexity index is 541. The quantitative estimate of drug-likeness (QED) is 0.898. The van der Waals surface area contributed by atoms with Crippen molar-refractivity contribution in [1.82, 2.24) is 9.97 Å². The molecule has 0 aliphatic rings. The van der Waals surface area contributed by atoms with E-state index in [0.717, 1.165) is 17.7 Å². The number of aryl methyl sites for hydroxylation is 2. The van der Waals surface area contributed by atoms with Gasteiger partial charge in [-0.15, -0.1) is 0 Å². The highest BCUT2D eigenvalue weighted by atomic mass is 16.5. The minimum absolute atomic E-state index is 0.000210. The molecule has 0 amide bonds. The second kappa shape index (κ2) is 5.60. The third-order valence-corrected chi connectivity index (χ3v) is 2.53. The van der Waals surface area contributed by atoms with Crippen LogP contribution in [0.1, 0.15) is 24.0 Å². The molecule has 4 heteroatoms. The molecule has 18 heavy (non-hydrogen) atoms. The Balaban J connectivity index is 2.24. The number of aliphatic hydroxyl groups is 1. The molecule has 0 aliphatic heterocycles. The number of rotatable bonds is 4. The zero-order valence-electron chi connectivity index (χ0n) is 10.6. The Morgan fingerprint density at radius 1 is 1.22 bits per heavy atom. The van der Waals surface area contributed by atoms with Gasteiger partial charge in [0, 0.05) is 11.8 Å². The van der Waals surface area contributed by atoms with Crippen LogP contribution in [-0.2, 0) is 13.0 Å². The van der Waals surface area contributed by atoms with E-state index < -0.39 is 0 Å². The number of aliphatic hydroxyl groups excluding tert-OH is 1. The molecule has 2 rings (SSSR count). The van der Waals surface area contributed by atoms with Gasteiger partial charge in [0.2, 0.25) is 5.88 Å². The molecule has 0 unspecified atom stereocenters. The lowest BCUT2D eigenvalue weighted by Gasteiger charge is -2.07. The monoisotopic (exact) mass is 244 g/mol. The number of benzene rings is 1. The fourth-order valence-electron chi connectivity index (χ4n) is 1.66. The molecule has 0 saturated heterocycles. The van der Waals surface area contributed by atoms with Crippen LogP contribution in [0.25, 0.3) is 0 Å². The van der Waals surface area contributed by atoms with Crippen LogP contribution in [0.5, 0.6) is 11.6 Å². The maximum atomic E-state index is 9.07. The number of aromatic nitrogens is 2. The standard InChI is InChI=1S/C14H16N2O2/c1-3-12-8-14(16-10(2)15-12)18-13-6-4-5-11(7-13)9-17/h4-8,17H,3,9H2,1-2H3. The predicted octanol–water partition coefficient (Wildman–Crippen LogP) is 2.63. The third kappa shape index (κ3) is 3.05. The van der Waals surface area contributed by atoms with Gasteiger partial charge in [-0.2, -0.15) is 4.98 Å². The summed E-state index contributed by atoms with van der Waals surface area (Å²) in [4.78, 5) is 8.53. The van der Waals surface area contributed by atoms with Gasteiger partial charge in [0.1, 0.15) is 11.6 Å². The second-order valence-corrected chi connectivity index (χ2v) is 4.01. The first-order chi connectivity index (χ1) is 8.71. The van der Waals surface area contributed by atoms with Crippen molar-refractivity contribution in [3.63, 3.8) is 0 Å². The van der Waals surface area contributed by atoms with Gasteiger partial charge in [-0.1, -0.05) is 19.1 Å². The van der Waals surface area contributed by atoms with Crippen molar-refractivity contribution >= 4 is 0 Å². The first-order valence-electron chi connectivity index (χ1n) is 5.93. The van der Waals surface area contributed by atoms with E-state index in [0.29, 0.717) is 17.5 Å². The van der Waals surface area contributed by atoms with Crippen LogP contribution >= 0.6 is 0 Å². The summed E-state index contributed by atoms with van der Waals surface area (Å²) in [6.45, 7) is 3.88. The molecular weight excluding hydrogens is 228 g/mol.